The molecular formula is C17H29N3O2S. The average molecular weight is 340 g/mol. The smallest absolute Gasteiger partial charge is 0.234 e. The predicted molar refractivity (Wildman–Crippen MR) is 94.6 cm³/mol. The fourth-order valence-corrected chi connectivity index (χ4v) is 3.77. The first kappa shape index (κ1) is 18.4. The fourth-order valence-electron chi connectivity index (χ4n) is 3.04. The van der Waals surface area contributed by atoms with Crippen LogP contribution < -0.4 is 10.6 Å². The molecule has 2 rings (SSSR count). The standard InChI is InChI=1S/C17H29N3O2S/c1-13(21)12-20-7-5-15(6-8-20)10-18-11-17(22)19-14(2)16-4-3-9-23-16/h3-4,9,13-15,18,21H,5-8,10-12H2,1-2H3,(H,19,22)/t13-,14-/m0/s1. The number of carbonyl (C=O) groups excluding carboxylic acids is 1. The van der Waals surface area contributed by atoms with Crippen LogP contribution in [0.25, 0.3) is 0 Å². The molecule has 0 aliphatic carbocycles. The van der Waals surface area contributed by atoms with Gasteiger partial charge in [-0.05, 0) is 63.7 Å². The van der Waals surface area contributed by atoms with Gasteiger partial charge in [-0.3, -0.25) is 4.79 Å². The molecule has 0 spiro atoms. The summed E-state index contributed by atoms with van der Waals surface area (Å²) in [5.74, 6) is 0.681. The van der Waals surface area contributed by atoms with Crippen LogP contribution in [-0.4, -0.2) is 54.7 Å². The SMILES string of the molecule is C[C@H](O)CN1CCC(CNCC(=O)N[C@@H](C)c2cccs2)CC1. The summed E-state index contributed by atoms with van der Waals surface area (Å²) in [6.07, 6.45) is 2.01. The topological polar surface area (TPSA) is 64.6 Å². The number of β-amino-alcohol motifs (C(OH)–C–C–N with tert-alkyl or cyclic N) is 1. The van der Waals surface area contributed by atoms with Crippen LogP contribution in [0.4, 0.5) is 0 Å². The molecule has 1 aliphatic heterocycles. The second kappa shape index (κ2) is 9.37. The Morgan fingerprint density at radius 1 is 1.43 bits per heavy atom. The maximum absolute atomic E-state index is 12.0. The number of thiophene rings is 1. The number of nitrogens with zero attached hydrogens (tertiary/aromatic N) is 1. The minimum Gasteiger partial charge on any atom is -0.392 e. The van der Waals surface area contributed by atoms with Gasteiger partial charge in [0.1, 0.15) is 0 Å². The summed E-state index contributed by atoms with van der Waals surface area (Å²) in [6, 6.07) is 4.13. The Morgan fingerprint density at radius 2 is 2.17 bits per heavy atom. The molecule has 5 nitrogen and oxygen atoms in total. The number of hydrogen-bond acceptors (Lipinski definition) is 5. The summed E-state index contributed by atoms with van der Waals surface area (Å²) >= 11 is 1.67. The lowest BCUT2D eigenvalue weighted by Crippen LogP contribution is -2.42. The van der Waals surface area contributed by atoms with Gasteiger partial charge in [0.15, 0.2) is 0 Å². The van der Waals surface area contributed by atoms with Gasteiger partial charge in [0.05, 0.1) is 18.7 Å². The van der Waals surface area contributed by atoms with Gasteiger partial charge in [0.25, 0.3) is 0 Å². The van der Waals surface area contributed by atoms with Crippen LogP contribution in [0.15, 0.2) is 17.5 Å². The van der Waals surface area contributed by atoms with Crippen LogP contribution in [-0.2, 0) is 4.79 Å². The van der Waals surface area contributed by atoms with E-state index in [4.69, 9.17) is 0 Å². The highest BCUT2D eigenvalue weighted by molar-refractivity contribution is 7.10. The van der Waals surface area contributed by atoms with Gasteiger partial charge in [-0.15, -0.1) is 11.3 Å². The van der Waals surface area contributed by atoms with Crippen molar-refractivity contribution in [2.45, 2.75) is 38.8 Å². The molecule has 2 heterocycles. The third-order valence-corrected chi connectivity index (χ3v) is 5.35. The van der Waals surface area contributed by atoms with Crippen LogP contribution in [0.5, 0.6) is 0 Å². The minimum absolute atomic E-state index is 0.0532. The van der Waals surface area contributed by atoms with Crippen LogP contribution in [0.2, 0.25) is 0 Å². The number of likely N-dealkylation sites (tertiary alicyclic amines) is 1. The number of aliphatic hydroxyl groups is 1. The second-order valence-electron chi connectivity index (χ2n) is 6.53. The molecule has 130 valence electrons. The molecule has 1 amide bonds. The van der Waals surface area contributed by atoms with Gasteiger partial charge in [-0.25, -0.2) is 0 Å². The fraction of sp³-hybridized carbons (Fsp3) is 0.706. The van der Waals surface area contributed by atoms with Crippen molar-refractivity contribution in [3.05, 3.63) is 22.4 Å². The number of hydrogen-bond donors (Lipinski definition) is 3. The van der Waals surface area contributed by atoms with Gasteiger partial charge < -0.3 is 20.6 Å². The summed E-state index contributed by atoms with van der Waals surface area (Å²) < 4.78 is 0. The monoisotopic (exact) mass is 339 g/mol. The number of amides is 1. The molecule has 23 heavy (non-hydrogen) atoms. The summed E-state index contributed by atoms with van der Waals surface area (Å²) in [5.41, 5.74) is 0. The Hall–Kier alpha value is -0.950. The van der Waals surface area contributed by atoms with Crippen molar-refractivity contribution in [2.24, 2.45) is 5.92 Å². The molecule has 2 atom stereocenters. The Labute approximate surface area is 143 Å². The van der Waals surface area contributed by atoms with Gasteiger partial charge in [0, 0.05) is 11.4 Å². The first-order valence-corrected chi connectivity index (χ1v) is 9.36. The second-order valence-corrected chi connectivity index (χ2v) is 7.51. The third kappa shape index (κ3) is 6.59. The van der Waals surface area contributed by atoms with E-state index in [1.54, 1.807) is 11.3 Å². The van der Waals surface area contributed by atoms with E-state index >= 15 is 0 Å². The van der Waals surface area contributed by atoms with E-state index in [2.05, 4.69) is 15.5 Å². The Bertz CT molecular complexity index is 456. The third-order valence-electron chi connectivity index (χ3n) is 4.30. The summed E-state index contributed by atoms with van der Waals surface area (Å²) in [5, 5.41) is 17.7. The van der Waals surface area contributed by atoms with Gasteiger partial charge in [0.2, 0.25) is 5.91 Å². The summed E-state index contributed by atoms with van der Waals surface area (Å²) in [6.45, 7) is 7.97. The first-order chi connectivity index (χ1) is 11.0. The first-order valence-electron chi connectivity index (χ1n) is 8.48. The van der Waals surface area contributed by atoms with Crippen molar-refractivity contribution in [3.63, 3.8) is 0 Å². The lowest BCUT2D eigenvalue weighted by atomic mass is 9.96. The number of carbonyl (C=O) groups is 1. The van der Waals surface area contributed by atoms with Crippen LogP contribution >= 0.6 is 11.3 Å². The summed E-state index contributed by atoms with van der Waals surface area (Å²) in [7, 11) is 0. The quantitative estimate of drug-likeness (QED) is 0.673. The minimum atomic E-state index is -0.251. The number of rotatable bonds is 8. The largest absolute Gasteiger partial charge is 0.392 e. The van der Waals surface area contributed by atoms with E-state index in [0.717, 1.165) is 39.0 Å². The molecule has 0 unspecified atom stereocenters. The van der Waals surface area contributed by atoms with E-state index in [1.165, 1.54) is 4.88 Å². The molecule has 3 N–H and O–H groups in total. The normalized spacial score (nSPS) is 19.4. The molecule has 0 aromatic carbocycles. The molecule has 1 aromatic rings. The van der Waals surface area contributed by atoms with Gasteiger partial charge in [-0.2, -0.15) is 0 Å². The molecule has 0 radical (unpaired) electrons. The van der Waals surface area contributed by atoms with Gasteiger partial charge in [-0.1, -0.05) is 6.07 Å². The van der Waals surface area contributed by atoms with Crippen molar-refractivity contribution in [1.29, 1.82) is 0 Å². The lowest BCUT2D eigenvalue weighted by Gasteiger charge is -2.32. The Morgan fingerprint density at radius 3 is 2.78 bits per heavy atom. The maximum Gasteiger partial charge on any atom is 0.234 e. The van der Waals surface area contributed by atoms with Crippen molar-refractivity contribution in [2.75, 3.05) is 32.7 Å². The molecule has 0 bridgehead atoms. The highest BCUT2D eigenvalue weighted by Gasteiger charge is 2.20. The van der Waals surface area contributed by atoms with Crippen LogP contribution in [0.3, 0.4) is 0 Å². The maximum atomic E-state index is 12.0. The highest BCUT2D eigenvalue weighted by atomic mass is 32.1. The zero-order valence-electron chi connectivity index (χ0n) is 14.1. The average Bonchev–Trinajstić information content (AvgIpc) is 3.03. The number of piperidine rings is 1. The molecular weight excluding hydrogens is 310 g/mol. The van der Waals surface area contributed by atoms with Crippen molar-refractivity contribution < 1.29 is 9.90 Å². The molecule has 1 saturated heterocycles. The zero-order chi connectivity index (χ0) is 16.7. The Balaban J connectivity index is 1.57. The molecule has 0 saturated carbocycles. The lowest BCUT2D eigenvalue weighted by molar-refractivity contribution is -0.120. The highest BCUT2D eigenvalue weighted by Crippen LogP contribution is 2.18. The molecule has 6 heteroatoms. The zero-order valence-corrected chi connectivity index (χ0v) is 14.9. The predicted octanol–water partition coefficient (Wildman–Crippen LogP) is 1.61. The number of aliphatic hydroxyl groups excluding tert-OH is 1. The van der Waals surface area contributed by atoms with Crippen LogP contribution in [0, 0.1) is 5.92 Å². The van der Waals surface area contributed by atoms with E-state index in [1.807, 2.05) is 31.4 Å². The number of nitrogens with one attached hydrogen (secondary N) is 2. The molecule has 1 fully saturated rings. The van der Waals surface area contributed by atoms with Crippen molar-refractivity contribution in [1.82, 2.24) is 15.5 Å². The van der Waals surface area contributed by atoms with Crippen LogP contribution in [0.1, 0.15) is 37.6 Å². The molecule has 1 aliphatic rings. The van der Waals surface area contributed by atoms with E-state index in [9.17, 15) is 9.90 Å². The van der Waals surface area contributed by atoms with Crippen molar-refractivity contribution in [3.8, 4) is 0 Å². The van der Waals surface area contributed by atoms with Gasteiger partial charge >= 0.3 is 0 Å². The van der Waals surface area contributed by atoms with Crippen molar-refractivity contribution >= 4 is 17.2 Å². The van der Waals surface area contributed by atoms with E-state index in [0.29, 0.717) is 12.5 Å². The summed E-state index contributed by atoms with van der Waals surface area (Å²) in [4.78, 5) is 15.5. The van der Waals surface area contributed by atoms with E-state index in [-0.39, 0.29) is 18.1 Å². The van der Waals surface area contributed by atoms with E-state index < -0.39 is 0 Å². The molecule has 1 aromatic heterocycles. The Kier molecular flexibility index (Phi) is 7.49.